The summed E-state index contributed by atoms with van der Waals surface area (Å²) in [6, 6.07) is 12.6. The van der Waals surface area contributed by atoms with E-state index in [1.807, 2.05) is 24.3 Å². The molecule has 164 valence electrons. The highest BCUT2D eigenvalue weighted by molar-refractivity contribution is 5.79. The van der Waals surface area contributed by atoms with Crippen LogP contribution >= 0.6 is 0 Å². The van der Waals surface area contributed by atoms with E-state index in [2.05, 4.69) is 46.6 Å². The fourth-order valence-corrected chi connectivity index (χ4v) is 3.45. The van der Waals surface area contributed by atoms with Gasteiger partial charge in [0.05, 0.1) is 19.4 Å². The molecule has 1 fully saturated rings. The third-order valence-corrected chi connectivity index (χ3v) is 5.20. The standard InChI is InChI=1S/C23H34N4O3/c1-3-24-23(26-18-22-8-5-12-29-22)25-17-19-6-4-7-21(16-19)30-15-11-27(2)20-9-13-28-14-10-20/h4-8,12,16,20H,3,9-11,13-15,17-18H2,1-2H3,(H2,24,25,26). The van der Waals surface area contributed by atoms with Gasteiger partial charge in [-0.15, -0.1) is 0 Å². The Kier molecular flexibility index (Phi) is 9.05. The van der Waals surface area contributed by atoms with Crippen LogP contribution in [0, 0.1) is 0 Å². The second-order valence-corrected chi connectivity index (χ2v) is 7.45. The van der Waals surface area contributed by atoms with Crippen LogP contribution in [0.5, 0.6) is 5.75 Å². The van der Waals surface area contributed by atoms with Gasteiger partial charge in [-0.1, -0.05) is 12.1 Å². The van der Waals surface area contributed by atoms with E-state index >= 15 is 0 Å². The third-order valence-electron chi connectivity index (χ3n) is 5.20. The fraction of sp³-hybridized carbons (Fsp3) is 0.522. The summed E-state index contributed by atoms with van der Waals surface area (Å²) in [5.41, 5.74) is 1.11. The number of nitrogens with one attached hydrogen (secondary N) is 2. The number of guanidine groups is 1. The summed E-state index contributed by atoms with van der Waals surface area (Å²) >= 11 is 0. The highest BCUT2D eigenvalue weighted by Gasteiger charge is 2.17. The Balaban J connectivity index is 1.46. The number of rotatable bonds is 10. The quantitative estimate of drug-likeness (QED) is 0.460. The zero-order valence-corrected chi connectivity index (χ0v) is 18.1. The molecule has 3 rings (SSSR count). The molecule has 2 aromatic rings. The van der Waals surface area contributed by atoms with Gasteiger partial charge in [-0.25, -0.2) is 4.99 Å². The zero-order chi connectivity index (χ0) is 21.0. The van der Waals surface area contributed by atoms with Crippen LogP contribution in [-0.4, -0.2) is 56.9 Å². The molecule has 2 N–H and O–H groups in total. The lowest BCUT2D eigenvalue weighted by molar-refractivity contribution is 0.0392. The lowest BCUT2D eigenvalue weighted by Gasteiger charge is -2.31. The minimum atomic E-state index is 0.576. The number of benzene rings is 1. The van der Waals surface area contributed by atoms with Crippen LogP contribution in [0.2, 0.25) is 0 Å². The predicted molar refractivity (Wildman–Crippen MR) is 119 cm³/mol. The van der Waals surface area contributed by atoms with Gasteiger partial charge < -0.3 is 24.5 Å². The number of hydrogen-bond acceptors (Lipinski definition) is 5. The number of hydrogen-bond donors (Lipinski definition) is 2. The van der Waals surface area contributed by atoms with Gasteiger partial charge in [-0.3, -0.25) is 4.90 Å². The molecule has 0 spiro atoms. The SMILES string of the molecule is CCNC(=NCc1cccc(OCCN(C)C2CCOCC2)c1)NCc1ccco1. The topological polar surface area (TPSA) is 71.3 Å². The molecule has 7 heteroatoms. The number of furan rings is 1. The molecular weight excluding hydrogens is 380 g/mol. The predicted octanol–water partition coefficient (Wildman–Crippen LogP) is 3.02. The molecule has 0 unspecified atom stereocenters. The average Bonchev–Trinajstić information content (AvgIpc) is 3.30. The summed E-state index contributed by atoms with van der Waals surface area (Å²) in [5, 5.41) is 6.54. The van der Waals surface area contributed by atoms with Crippen molar-refractivity contribution in [1.29, 1.82) is 0 Å². The minimum absolute atomic E-state index is 0.576. The van der Waals surface area contributed by atoms with Crippen LogP contribution < -0.4 is 15.4 Å². The molecule has 0 aliphatic carbocycles. The smallest absolute Gasteiger partial charge is 0.191 e. The third kappa shape index (κ3) is 7.39. The largest absolute Gasteiger partial charge is 0.492 e. The van der Waals surface area contributed by atoms with Crippen LogP contribution in [0.4, 0.5) is 0 Å². The lowest BCUT2D eigenvalue weighted by atomic mass is 10.1. The maximum atomic E-state index is 5.99. The van der Waals surface area contributed by atoms with E-state index in [9.17, 15) is 0 Å². The molecule has 1 aromatic carbocycles. The first-order valence-corrected chi connectivity index (χ1v) is 10.8. The molecule has 2 heterocycles. The van der Waals surface area contributed by atoms with E-state index < -0.39 is 0 Å². The molecule has 0 saturated carbocycles. The summed E-state index contributed by atoms with van der Waals surface area (Å²) in [6.45, 7) is 7.34. The second-order valence-electron chi connectivity index (χ2n) is 7.45. The van der Waals surface area contributed by atoms with E-state index in [0.29, 0.717) is 25.7 Å². The van der Waals surface area contributed by atoms with Crippen molar-refractivity contribution in [3.05, 3.63) is 54.0 Å². The molecule has 1 aliphatic rings. The fourth-order valence-electron chi connectivity index (χ4n) is 3.45. The number of ether oxygens (including phenoxy) is 2. The first-order chi connectivity index (χ1) is 14.7. The van der Waals surface area contributed by atoms with Crippen molar-refractivity contribution in [3.8, 4) is 5.75 Å². The van der Waals surface area contributed by atoms with Gasteiger partial charge in [-0.2, -0.15) is 0 Å². The summed E-state index contributed by atoms with van der Waals surface area (Å²) < 4.78 is 16.8. The van der Waals surface area contributed by atoms with Gasteiger partial charge in [-0.05, 0) is 56.6 Å². The maximum Gasteiger partial charge on any atom is 0.191 e. The molecular formula is C23H34N4O3. The Morgan fingerprint density at radius 3 is 2.83 bits per heavy atom. The van der Waals surface area contributed by atoms with Crippen molar-refractivity contribution in [2.75, 3.05) is 40.0 Å². The number of nitrogens with zero attached hydrogens (tertiary/aromatic N) is 2. The minimum Gasteiger partial charge on any atom is -0.492 e. The molecule has 1 aliphatic heterocycles. The van der Waals surface area contributed by atoms with Crippen LogP contribution in [0.1, 0.15) is 31.1 Å². The van der Waals surface area contributed by atoms with E-state index in [0.717, 1.165) is 62.2 Å². The van der Waals surface area contributed by atoms with Crippen LogP contribution in [0.3, 0.4) is 0 Å². The van der Waals surface area contributed by atoms with Crippen LogP contribution in [0.25, 0.3) is 0 Å². The first kappa shape index (κ1) is 22.2. The zero-order valence-electron chi connectivity index (χ0n) is 18.1. The maximum absolute atomic E-state index is 5.99. The molecule has 1 saturated heterocycles. The van der Waals surface area contributed by atoms with Crippen LogP contribution in [0.15, 0.2) is 52.1 Å². The number of likely N-dealkylation sites (N-methyl/N-ethyl adjacent to an activating group) is 1. The first-order valence-electron chi connectivity index (χ1n) is 10.8. The van der Waals surface area contributed by atoms with Crippen molar-refractivity contribution in [2.45, 2.75) is 38.9 Å². The van der Waals surface area contributed by atoms with Crippen molar-refractivity contribution < 1.29 is 13.9 Å². The molecule has 0 radical (unpaired) electrons. The van der Waals surface area contributed by atoms with Gasteiger partial charge in [0.25, 0.3) is 0 Å². The Labute approximate surface area is 179 Å². The van der Waals surface area contributed by atoms with Crippen LogP contribution in [-0.2, 0) is 17.8 Å². The van der Waals surface area contributed by atoms with Gasteiger partial charge in [0, 0.05) is 32.3 Å². The average molecular weight is 415 g/mol. The highest BCUT2D eigenvalue weighted by Crippen LogP contribution is 2.15. The lowest BCUT2D eigenvalue weighted by Crippen LogP contribution is -2.38. The molecule has 30 heavy (non-hydrogen) atoms. The van der Waals surface area contributed by atoms with Crippen molar-refractivity contribution in [1.82, 2.24) is 15.5 Å². The van der Waals surface area contributed by atoms with Gasteiger partial charge in [0.1, 0.15) is 18.1 Å². The van der Waals surface area contributed by atoms with E-state index in [1.54, 1.807) is 6.26 Å². The summed E-state index contributed by atoms with van der Waals surface area (Å²) in [7, 11) is 2.17. The number of aliphatic imine (C=N–C) groups is 1. The van der Waals surface area contributed by atoms with Crippen molar-refractivity contribution >= 4 is 5.96 Å². The molecule has 1 aromatic heterocycles. The Hall–Kier alpha value is -2.51. The van der Waals surface area contributed by atoms with E-state index in [1.165, 1.54) is 0 Å². The molecule has 0 atom stereocenters. The monoisotopic (exact) mass is 414 g/mol. The van der Waals surface area contributed by atoms with E-state index in [4.69, 9.17) is 13.9 Å². The Morgan fingerprint density at radius 1 is 1.20 bits per heavy atom. The van der Waals surface area contributed by atoms with Gasteiger partial charge in [0.15, 0.2) is 5.96 Å². The van der Waals surface area contributed by atoms with Crippen molar-refractivity contribution in [2.24, 2.45) is 4.99 Å². The summed E-state index contributed by atoms with van der Waals surface area (Å²) in [4.78, 5) is 7.05. The molecule has 0 amide bonds. The second kappa shape index (κ2) is 12.2. The molecule has 0 bridgehead atoms. The van der Waals surface area contributed by atoms with E-state index in [-0.39, 0.29) is 0 Å². The van der Waals surface area contributed by atoms with Crippen molar-refractivity contribution in [3.63, 3.8) is 0 Å². The highest BCUT2D eigenvalue weighted by atomic mass is 16.5. The summed E-state index contributed by atoms with van der Waals surface area (Å²) in [6.07, 6.45) is 3.88. The molecule has 7 nitrogen and oxygen atoms in total. The normalized spacial score (nSPS) is 15.4. The van der Waals surface area contributed by atoms with Gasteiger partial charge >= 0.3 is 0 Å². The Morgan fingerprint density at radius 2 is 2.07 bits per heavy atom. The summed E-state index contributed by atoms with van der Waals surface area (Å²) in [5.74, 6) is 2.52. The van der Waals surface area contributed by atoms with Gasteiger partial charge in [0.2, 0.25) is 0 Å². The Bertz CT molecular complexity index is 758.